The zero-order valence-corrected chi connectivity index (χ0v) is 20.5. The normalized spacial score (nSPS) is 16.2. The zero-order chi connectivity index (χ0) is 24.7. The van der Waals surface area contributed by atoms with Crippen LogP contribution in [0.15, 0.2) is 83.7 Å². The van der Waals surface area contributed by atoms with Crippen molar-refractivity contribution in [3.8, 4) is 16.9 Å². The fraction of sp³-hybridized carbons (Fsp3) is 0.115. The van der Waals surface area contributed by atoms with Gasteiger partial charge in [0, 0.05) is 27.1 Å². The van der Waals surface area contributed by atoms with Crippen LogP contribution in [-0.2, 0) is 10.0 Å². The molecule has 4 aromatic rings. The first kappa shape index (κ1) is 23.2. The van der Waals surface area contributed by atoms with E-state index in [1.807, 2.05) is 42.5 Å². The average molecular weight is 508 g/mol. The summed E-state index contributed by atoms with van der Waals surface area (Å²) in [5.41, 5.74) is 6.03. The summed E-state index contributed by atoms with van der Waals surface area (Å²) in [7, 11) is -2.19. The molecule has 2 heterocycles. The van der Waals surface area contributed by atoms with Crippen molar-refractivity contribution in [2.45, 2.75) is 6.04 Å². The lowest BCUT2D eigenvalue weighted by Crippen LogP contribution is -2.39. The van der Waals surface area contributed by atoms with Gasteiger partial charge in [0.2, 0.25) is 10.0 Å². The van der Waals surface area contributed by atoms with E-state index < -0.39 is 16.1 Å². The zero-order valence-electron chi connectivity index (χ0n) is 18.9. The lowest BCUT2D eigenvalue weighted by Gasteiger charge is -2.24. The second-order valence-electron chi connectivity index (χ2n) is 8.20. The molecule has 0 saturated heterocycles. The van der Waals surface area contributed by atoms with Crippen molar-refractivity contribution in [2.75, 3.05) is 13.4 Å². The number of fused-ring (bicyclic) bond motifs is 1. The van der Waals surface area contributed by atoms with Crippen LogP contribution in [0.4, 0.5) is 0 Å². The van der Waals surface area contributed by atoms with Crippen molar-refractivity contribution < 1.29 is 13.2 Å². The first-order chi connectivity index (χ1) is 16.8. The molecular weight excluding hydrogens is 486 g/mol. The highest BCUT2D eigenvalue weighted by Gasteiger charge is 2.36. The molecule has 0 radical (unpaired) electrons. The number of rotatable bonds is 5. The maximum absolute atomic E-state index is 13.5. The van der Waals surface area contributed by atoms with E-state index in [1.54, 1.807) is 36.4 Å². The number of sulfonamides is 1. The number of hydrogen-bond acceptors (Lipinski definition) is 5. The van der Waals surface area contributed by atoms with Gasteiger partial charge in [0.15, 0.2) is 0 Å². The van der Waals surface area contributed by atoms with E-state index in [2.05, 4.69) is 10.4 Å². The second kappa shape index (κ2) is 8.88. The van der Waals surface area contributed by atoms with E-state index in [9.17, 15) is 13.2 Å². The maximum atomic E-state index is 13.5. The Labute approximate surface area is 207 Å². The Morgan fingerprint density at radius 3 is 2.40 bits per heavy atom. The first-order valence-corrected chi connectivity index (χ1v) is 13.0. The van der Waals surface area contributed by atoms with Crippen LogP contribution in [0.2, 0.25) is 5.02 Å². The third-order valence-electron chi connectivity index (χ3n) is 5.93. The quantitative estimate of drug-likeness (QED) is 0.408. The molecule has 3 aromatic carbocycles. The Hall–Kier alpha value is -3.59. The SMILES string of the molecule is COc1ccccc1[C@@H]1C=C(c2c(-c3ccccc3)c3cc(Cl)ccc3[nH]c2=O)NN1S(C)(=O)=O. The molecule has 0 aliphatic carbocycles. The highest BCUT2D eigenvalue weighted by atomic mass is 35.5. The van der Waals surface area contributed by atoms with Crippen LogP contribution >= 0.6 is 11.6 Å². The summed E-state index contributed by atoms with van der Waals surface area (Å²) in [5.74, 6) is 0.535. The van der Waals surface area contributed by atoms with Crippen LogP contribution in [0.3, 0.4) is 0 Å². The Bertz CT molecular complexity index is 1630. The van der Waals surface area contributed by atoms with Gasteiger partial charge in [-0.25, -0.2) is 8.42 Å². The Kier molecular flexibility index (Phi) is 5.88. The number of aromatic amines is 1. The van der Waals surface area contributed by atoms with Crippen molar-refractivity contribution in [3.63, 3.8) is 0 Å². The van der Waals surface area contributed by atoms with Gasteiger partial charge in [-0.15, -0.1) is 4.41 Å². The number of benzene rings is 3. The number of ether oxygens (including phenoxy) is 1. The van der Waals surface area contributed by atoms with Gasteiger partial charge in [-0.2, -0.15) is 0 Å². The molecule has 1 aromatic heterocycles. The Balaban J connectivity index is 1.80. The van der Waals surface area contributed by atoms with Gasteiger partial charge >= 0.3 is 0 Å². The number of hydrazine groups is 1. The van der Waals surface area contributed by atoms with Gasteiger partial charge < -0.3 is 15.1 Å². The molecule has 35 heavy (non-hydrogen) atoms. The number of aromatic nitrogens is 1. The first-order valence-electron chi connectivity index (χ1n) is 10.8. The van der Waals surface area contributed by atoms with E-state index in [-0.39, 0.29) is 5.56 Å². The molecule has 0 unspecified atom stereocenters. The van der Waals surface area contributed by atoms with Crippen molar-refractivity contribution >= 4 is 38.2 Å². The van der Waals surface area contributed by atoms with Gasteiger partial charge in [0.05, 0.1) is 30.7 Å². The number of para-hydroxylation sites is 1. The van der Waals surface area contributed by atoms with Crippen molar-refractivity contribution in [2.24, 2.45) is 0 Å². The van der Waals surface area contributed by atoms with Crippen LogP contribution in [-0.4, -0.2) is 31.2 Å². The van der Waals surface area contributed by atoms with E-state index in [4.69, 9.17) is 16.3 Å². The molecule has 0 spiro atoms. The molecule has 1 atom stereocenters. The fourth-order valence-electron chi connectivity index (χ4n) is 4.43. The summed E-state index contributed by atoms with van der Waals surface area (Å²) in [5, 5.41) is 1.26. The fourth-order valence-corrected chi connectivity index (χ4v) is 5.46. The minimum Gasteiger partial charge on any atom is -0.496 e. The minimum absolute atomic E-state index is 0.317. The van der Waals surface area contributed by atoms with Gasteiger partial charge in [-0.1, -0.05) is 60.1 Å². The second-order valence-corrected chi connectivity index (χ2v) is 10.5. The van der Waals surface area contributed by atoms with Crippen molar-refractivity contribution in [1.29, 1.82) is 0 Å². The van der Waals surface area contributed by atoms with Crippen LogP contribution in [0, 0.1) is 0 Å². The molecule has 7 nitrogen and oxygen atoms in total. The predicted octanol–water partition coefficient (Wildman–Crippen LogP) is 4.72. The monoisotopic (exact) mass is 507 g/mol. The van der Waals surface area contributed by atoms with Gasteiger partial charge in [-0.05, 0) is 35.9 Å². The third kappa shape index (κ3) is 4.20. The van der Waals surface area contributed by atoms with Crippen LogP contribution in [0.1, 0.15) is 17.2 Å². The molecule has 0 bridgehead atoms. The Morgan fingerprint density at radius 1 is 0.971 bits per heavy atom. The molecular formula is C26H22ClN3O4S. The Morgan fingerprint density at radius 2 is 1.69 bits per heavy atom. The maximum Gasteiger partial charge on any atom is 0.258 e. The van der Waals surface area contributed by atoms with E-state index in [0.29, 0.717) is 38.7 Å². The molecule has 5 rings (SSSR count). The molecule has 0 saturated carbocycles. The predicted molar refractivity (Wildman–Crippen MR) is 139 cm³/mol. The van der Waals surface area contributed by atoms with Gasteiger partial charge in [0.25, 0.3) is 5.56 Å². The topological polar surface area (TPSA) is 91.5 Å². The smallest absolute Gasteiger partial charge is 0.258 e. The standard InChI is InChI=1S/C26H22ClN3O4S/c1-34-23-11-7-6-10-18(23)22-15-21(29-30(22)35(2,32)33)25-24(16-8-4-3-5-9-16)19-14-17(27)12-13-20(19)28-26(25)31/h3-15,22,29H,1-2H3,(H,28,31)/t22-/m0/s1. The van der Waals surface area contributed by atoms with Crippen LogP contribution < -0.4 is 15.7 Å². The number of hydrogen-bond donors (Lipinski definition) is 2. The summed E-state index contributed by atoms with van der Waals surface area (Å²) in [6.45, 7) is 0. The number of halogens is 1. The average Bonchev–Trinajstić information content (AvgIpc) is 3.29. The summed E-state index contributed by atoms with van der Waals surface area (Å²) >= 11 is 6.33. The molecule has 2 N–H and O–H groups in total. The highest BCUT2D eigenvalue weighted by molar-refractivity contribution is 7.88. The molecule has 9 heteroatoms. The van der Waals surface area contributed by atoms with Gasteiger partial charge in [-0.3, -0.25) is 4.79 Å². The van der Waals surface area contributed by atoms with E-state index >= 15 is 0 Å². The summed E-state index contributed by atoms with van der Waals surface area (Å²) in [4.78, 5) is 16.4. The molecule has 178 valence electrons. The van der Waals surface area contributed by atoms with Gasteiger partial charge in [0.1, 0.15) is 5.75 Å². The molecule has 0 amide bonds. The van der Waals surface area contributed by atoms with Crippen molar-refractivity contribution in [3.05, 3.63) is 105 Å². The number of H-pyrrole nitrogens is 1. The third-order valence-corrected chi connectivity index (χ3v) is 7.20. The lowest BCUT2D eigenvalue weighted by atomic mass is 9.94. The van der Waals surface area contributed by atoms with Crippen molar-refractivity contribution in [1.82, 2.24) is 14.8 Å². The number of methoxy groups -OCH3 is 1. The van der Waals surface area contributed by atoms with E-state index in [0.717, 1.165) is 21.6 Å². The summed E-state index contributed by atoms with van der Waals surface area (Å²) in [6.07, 6.45) is 2.84. The van der Waals surface area contributed by atoms with E-state index in [1.165, 1.54) is 7.11 Å². The molecule has 0 fully saturated rings. The van der Waals surface area contributed by atoms with Crippen LogP contribution in [0.25, 0.3) is 27.7 Å². The van der Waals surface area contributed by atoms with Crippen LogP contribution in [0.5, 0.6) is 5.75 Å². The number of nitrogens with one attached hydrogen (secondary N) is 2. The summed E-state index contributed by atoms with van der Waals surface area (Å²) < 4.78 is 32.2. The highest BCUT2D eigenvalue weighted by Crippen LogP contribution is 2.40. The lowest BCUT2D eigenvalue weighted by molar-refractivity contribution is 0.337. The largest absolute Gasteiger partial charge is 0.496 e. The minimum atomic E-state index is -3.72. The molecule has 1 aliphatic rings. The molecule has 1 aliphatic heterocycles. The summed E-state index contributed by atoms with van der Waals surface area (Å²) in [6, 6.07) is 21.2. The number of pyridine rings is 1. The number of nitrogens with zero attached hydrogens (tertiary/aromatic N) is 1.